The zero-order chi connectivity index (χ0) is 14.0. The predicted octanol–water partition coefficient (Wildman–Crippen LogP) is 0.942. The molecule has 19 heavy (non-hydrogen) atoms. The number of nitrogens with zero attached hydrogens (tertiary/aromatic N) is 2. The molecule has 0 radical (unpaired) electrons. The number of anilines is 1. The van der Waals surface area contributed by atoms with Gasteiger partial charge in [0.05, 0.1) is 24.6 Å². The molecule has 102 valence electrons. The third-order valence-electron chi connectivity index (χ3n) is 3.08. The maximum absolute atomic E-state index is 12.0. The normalized spacial score (nSPS) is 18.8. The van der Waals surface area contributed by atoms with Crippen LogP contribution in [0.5, 0.6) is 0 Å². The van der Waals surface area contributed by atoms with Crippen LogP contribution in [0.3, 0.4) is 0 Å². The molecule has 1 atom stereocenters. The summed E-state index contributed by atoms with van der Waals surface area (Å²) in [5, 5.41) is 0. The van der Waals surface area contributed by atoms with Crippen molar-refractivity contribution in [1.82, 2.24) is 4.98 Å². The molecule has 6 nitrogen and oxygen atoms in total. The molecular formula is C12H14BrN3O3. The van der Waals surface area contributed by atoms with Crippen LogP contribution >= 0.6 is 15.9 Å². The van der Waals surface area contributed by atoms with Crippen LogP contribution in [0.4, 0.5) is 5.69 Å². The number of esters is 1. The van der Waals surface area contributed by atoms with Crippen molar-refractivity contribution in [2.75, 3.05) is 25.1 Å². The molecule has 7 heteroatoms. The Morgan fingerprint density at radius 2 is 2.42 bits per heavy atom. The van der Waals surface area contributed by atoms with Crippen molar-refractivity contribution in [2.45, 2.75) is 6.42 Å². The molecule has 1 aliphatic rings. The molecule has 1 aromatic rings. The Bertz CT molecular complexity index is 521. The molecule has 0 saturated carbocycles. The molecule has 0 bridgehead atoms. The number of methoxy groups -OCH3 is 1. The van der Waals surface area contributed by atoms with Crippen molar-refractivity contribution in [1.29, 1.82) is 0 Å². The van der Waals surface area contributed by atoms with Crippen molar-refractivity contribution in [3.63, 3.8) is 0 Å². The summed E-state index contributed by atoms with van der Waals surface area (Å²) in [4.78, 5) is 29.4. The summed E-state index contributed by atoms with van der Waals surface area (Å²) < 4.78 is 5.24. The standard InChI is InChI=1S/C12H14BrN3O3/c1-19-12(18)8-3-10(13)15-5-9(8)16-6-7(4-14)2-11(16)17/h3,5,7H,2,4,6,14H2,1H3. The lowest BCUT2D eigenvalue weighted by molar-refractivity contribution is -0.117. The first-order valence-corrected chi connectivity index (χ1v) is 6.60. The molecule has 0 spiro atoms. The average molecular weight is 328 g/mol. The quantitative estimate of drug-likeness (QED) is 0.659. The molecule has 1 aromatic heterocycles. The Balaban J connectivity index is 2.39. The molecule has 0 aromatic carbocycles. The summed E-state index contributed by atoms with van der Waals surface area (Å²) in [6.07, 6.45) is 1.89. The summed E-state index contributed by atoms with van der Waals surface area (Å²) in [6.45, 7) is 0.947. The second kappa shape index (κ2) is 5.66. The Kier molecular flexibility index (Phi) is 4.16. The Hall–Kier alpha value is -1.47. The molecule has 2 rings (SSSR count). The first-order chi connectivity index (χ1) is 9.06. The van der Waals surface area contributed by atoms with Crippen LogP contribution in [0.1, 0.15) is 16.8 Å². The fourth-order valence-corrected chi connectivity index (χ4v) is 2.41. The maximum Gasteiger partial charge on any atom is 0.340 e. The van der Waals surface area contributed by atoms with E-state index in [2.05, 4.69) is 20.9 Å². The first-order valence-electron chi connectivity index (χ1n) is 5.81. The topological polar surface area (TPSA) is 85.5 Å². The van der Waals surface area contributed by atoms with Crippen LogP contribution in [0.15, 0.2) is 16.9 Å². The van der Waals surface area contributed by atoms with Gasteiger partial charge >= 0.3 is 5.97 Å². The van der Waals surface area contributed by atoms with Gasteiger partial charge in [-0.2, -0.15) is 0 Å². The molecule has 1 amide bonds. The van der Waals surface area contributed by atoms with E-state index in [1.165, 1.54) is 13.3 Å². The molecule has 1 fully saturated rings. The van der Waals surface area contributed by atoms with E-state index in [9.17, 15) is 9.59 Å². The van der Waals surface area contributed by atoms with Gasteiger partial charge in [-0.25, -0.2) is 9.78 Å². The van der Waals surface area contributed by atoms with Crippen LogP contribution in [-0.4, -0.2) is 37.1 Å². The van der Waals surface area contributed by atoms with Crippen molar-refractivity contribution >= 4 is 33.5 Å². The summed E-state index contributed by atoms with van der Waals surface area (Å²) in [5.41, 5.74) is 6.37. The van der Waals surface area contributed by atoms with Crippen LogP contribution in [0.25, 0.3) is 0 Å². The Morgan fingerprint density at radius 3 is 3.00 bits per heavy atom. The highest BCUT2D eigenvalue weighted by Crippen LogP contribution is 2.29. The van der Waals surface area contributed by atoms with Crippen LogP contribution in [-0.2, 0) is 9.53 Å². The van der Waals surface area contributed by atoms with E-state index < -0.39 is 5.97 Å². The predicted molar refractivity (Wildman–Crippen MR) is 72.8 cm³/mol. The number of rotatable bonds is 3. The van der Waals surface area contributed by atoms with E-state index in [-0.39, 0.29) is 11.8 Å². The first kappa shape index (κ1) is 14.0. The number of carbonyl (C=O) groups excluding carboxylic acids is 2. The van der Waals surface area contributed by atoms with E-state index in [0.29, 0.717) is 35.4 Å². The zero-order valence-corrected chi connectivity index (χ0v) is 12.0. The van der Waals surface area contributed by atoms with E-state index in [1.807, 2.05) is 0 Å². The van der Waals surface area contributed by atoms with Gasteiger partial charge in [-0.05, 0) is 34.5 Å². The largest absolute Gasteiger partial charge is 0.465 e. The van der Waals surface area contributed by atoms with Crippen molar-refractivity contribution in [3.8, 4) is 0 Å². The summed E-state index contributed by atoms with van der Waals surface area (Å²) in [7, 11) is 1.30. The minimum Gasteiger partial charge on any atom is -0.465 e. The number of aromatic nitrogens is 1. The Labute approximate surface area is 119 Å². The lowest BCUT2D eigenvalue weighted by Gasteiger charge is -2.19. The van der Waals surface area contributed by atoms with E-state index in [4.69, 9.17) is 10.5 Å². The highest BCUT2D eigenvalue weighted by atomic mass is 79.9. The molecule has 0 aliphatic carbocycles. The summed E-state index contributed by atoms with van der Waals surface area (Å²) in [6, 6.07) is 1.55. The van der Waals surface area contributed by atoms with Crippen LogP contribution in [0, 0.1) is 5.92 Å². The third-order valence-corrected chi connectivity index (χ3v) is 3.52. The average Bonchev–Trinajstić information content (AvgIpc) is 2.79. The fourth-order valence-electron chi connectivity index (χ4n) is 2.08. The fraction of sp³-hybridized carbons (Fsp3) is 0.417. The van der Waals surface area contributed by atoms with Gasteiger partial charge in [-0.1, -0.05) is 0 Å². The zero-order valence-electron chi connectivity index (χ0n) is 10.4. The monoisotopic (exact) mass is 327 g/mol. The molecule has 1 saturated heterocycles. The number of nitrogens with two attached hydrogens (primary N) is 1. The second-order valence-electron chi connectivity index (χ2n) is 4.33. The number of hydrogen-bond acceptors (Lipinski definition) is 5. The smallest absolute Gasteiger partial charge is 0.340 e. The van der Waals surface area contributed by atoms with Gasteiger partial charge in [0.1, 0.15) is 4.60 Å². The molecule has 2 heterocycles. The minimum atomic E-state index is -0.498. The van der Waals surface area contributed by atoms with E-state index in [1.54, 1.807) is 11.0 Å². The van der Waals surface area contributed by atoms with Gasteiger partial charge in [0, 0.05) is 13.0 Å². The Morgan fingerprint density at radius 1 is 1.68 bits per heavy atom. The number of carbonyl (C=O) groups is 2. The molecule has 1 aliphatic heterocycles. The SMILES string of the molecule is COC(=O)c1cc(Br)ncc1N1CC(CN)CC1=O. The number of ether oxygens (including phenoxy) is 1. The van der Waals surface area contributed by atoms with Gasteiger partial charge in [0.25, 0.3) is 0 Å². The second-order valence-corrected chi connectivity index (χ2v) is 5.14. The number of hydrogen-bond donors (Lipinski definition) is 1. The molecule has 1 unspecified atom stereocenters. The van der Waals surface area contributed by atoms with Crippen LogP contribution in [0.2, 0.25) is 0 Å². The number of amides is 1. The lowest BCUT2D eigenvalue weighted by Crippen LogP contribution is -2.28. The van der Waals surface area contributed by atoms with Gasteiger partial charge in [0.15, 0.2) is 0 Å². The molecular weight excluding hydrogens is 314 g/mol. The third kappa shape index (κ3) is 2.76. The van der Waals surface area contributed by atoms with Gasteiger partial charge in [0.2, 0.25) is 5.91 Å². The minimum absolute atomic E-state index is 0.0512. The van der Waals surface area contributed by atoms with Crippen molar-refractivity contribution in [2.24, 2.45) is 11.7 Å². The lowest BCUT2D eigenvalue weighted by atomic mass is 10.1. The van der Waals surface area contributed by atoms with Gasteiger partial charge in [-0.15, -0.1) is 0 Å². The maximum atomic E-state index is 12.0. The van der Waals surface area contributed by atoms with E-state index >= 15 is 0 Å². The van der Waals surface area contributed by atoms with E-state index in [0.717, 1.165) is 0 Å². The highest BCUT2D eigenvalue weighted by Gasteiger charge is 2.32. The van der Waals surface area contributed by atoms with Crippen molar-refractivity contribution < 1.29 is 14.3 Å². The molecule has 2 N–H and O–H groups in total. The number of pyridine rings is 1. The van der Waals surface area contributed by atoms with Crippen LogP contribution < -0.4 is 10.6 Å². The summed E-state index contributed by atoms with van der Waals surface area (Å²) in [5.74, 6) is -0.437. The number of halogens is 1. The summed E-state index contributed by atoms with van der Waals surface area (Å²) >= 11 is 3.20. The van der Waals surface area contributed by atoms with Gasteiger partial charge < -0.3 is 15.4 Å². The van der Waals surface area contributed by atoms with Gasteiger partial charge in [-0.3, -0.25) is 4.79 Å². The van der Waals surface area contributed by atoms with Crippen molar-refractivity contribution in [3.05, 3.63) is 22.4 Å². The highest BCUT2D eigenvalue weighted by molar-refractivity contribution is 9.10.